The van der Waals surface area contributed by atoms with E-state index in [0.717, 1.165) is 43.6 Å². The maximum absolute atomic E-state index is 12.8. The van der Waals surface area contributed by atoms with Gasteiger partial charge >= 0.3 is 0 Å². The standard InChI is InChI=1S/C28H30N6O4/c1-36-21-17-19(27(35)30-10-11-34-12-14-37-15-13-34)16-20(18-21)32-28-31-9-8-26(33-28)38-25-7-6-24(29)22-4-2-3-5-23(22)25/h2-9,16-18H,10-15,29H2,1H3,(H,30,35)(H,31,32,33). The lowest BCUT2D eigenvalue weighted by Crippen LogP contribution is -2.41. The van der Waals surface area contributed by atoms with Gasteiger partial charge in [0.05, 0.1) is 20.3 Å². The van der Waals surface area contributed by atoms with Gasteiger partial charge in [0.15, 0.2) is 0 Å². The largest absolute Gasteiger partial charge is 0.497 e. The summed E-state index contributed by atoms with van der Waals surface area (Å²) >= 11 is 0. The number of carbonyl (C=O) groups is 1. The molecule has 1 saturated heterocycles. The minimum atomic E-state index is -0.187. The molecule has 1 aliphatic rings. The fraction of sp³-hybridized carbons (Fsp3) is 0.250. The molecular formula is C28H30N6O4. The molecule has 1 aromatic heterocycles. The van der Waals surface area contributed by atoms with Crippen molar-refractivity contribution in [3.8, 4) is 17.4 Å². The van der Waals surface area contributed by atoms with Gasteiger partial charge in [-0.1, -0.05) is 24.3 Å². The summed E-state index contributed by atoms with van der Waals surface area (Å²) < 4.78 is 16.9. The Hall–Kier alpha value is -4.41. The fourth-order valence-corrected chi connectivity index (χ4v) is 4.26. The summed E-state index contributed by atoms with van der Waals surface area (Å²) in [5.74, 6) is 1.66. The van der Waals surface area contributed by atoms with E-state index >= 15 is 0 Å². The monoisotopic (exact) mass is 514 g/mol. The first-order valence-electron chi connectivity index (χ1n) is 12.4. The zero-order chi connectivity index (χ0) is 26.3. The van der Waals surface area contributed by atoms with Crippen LogP contribution in [-0.2, 0) is 4.74 Å². The van der Waals surface area contributed by atoms with Crippen molar-refractivity contribution in [2.24, 2.45) is 0 Å². The SMILES string of the molecule is COc1cc(Nc2nccc(Oc3ccc(N)c4ccccc34)n2)cc(C(=O)NCCN2CCOCC2)c1. The van der Waals surface area contributed by atoms with Gasteiger partial charge in [-0.25, -0.2) is 4.98 Å². The van der Waals surface area contributed by atoms with Gasteiger partial charge < -0.3 is 30.6 Å². The van der Waals surface area contributed by atoms with E-state index in [1.165, 1.54) is 0 Å². The maximum Gasteiger partial charge on any atom is 0.251 e. The number of morpholine rings is 1. The van der Waals surface area contributed by atoms with E-state index in [2.05, 4.69) is 25.5 Å². The first-order chi connectivity index (χ1) is 18.6. The minimum Gasteiger partial charge on any atom is -0.497 e. The molecule has 0 atom stereocenters. The molecule has 10 heteroatoms. The molecule has 0 saturated carbocycles. The van der Waals surface area contributed by atoms with Crippen LogP contribution < -0.4 is 25.8 Å². The Kier molecular flexibility index (Phi) is 7.81. The molecular weight excluding hydrogens is 484 g/mol. The smallest absolute Gasteiger partial charge is 0.251 e. The zero-order valence-electron chi connectivity index (χ0n) is 21.1. The van der Waals surface area contributed by atoms with E-state index in [4.69, 9.17) is 19.9 Å². The Morgan fingerprint density at radius 1 is 1.08 bits per heavy atom. The van der Waals surface area contributed by atoms with Crippen LogP contribution in [0.1, 0.15) is 10.4 Å². The van der Waals surface area contributed by atoms with E-state index < -0.39 is 0 Å². The van der Waals surface area contributed by atoms with E-state index in [1.807, 2.05) is 36.4 Å². The fourth-order valence-electron chi connectivity index (χ4n) is 4.26. The van der Waals surface area contributed by atoms with Crippen LogP contribution in [-0.4, -0.2) is 67.3 Å². The summed E-state index contributed by atoms with van der Waals surface area (Å²) in [5, 5.41) is 7.92. The van der Waals surface area contributed by atoms with Crippen molar-refractivity contribution < 1.29 is 19.0 Å². The van der Waals surface area contributed by atoms with Crippen LogP contribution in [0.15, 0.2) is 66.9 Å². The number of carbonyl (C=O) groups excluding carboxylic acids is 1. The van der Waals surface area contributed by atoms with Crippen LogP contribution in [0.5, 0.6) is 17.4 Å². The number of amides is 1. The number of anilines is 3. The van der Waals surface area contributed by atoms with Crippen molar-refractivity contribution in [3.63, 3.8) is 0 Å². The van der Waals surface area contributed by atoms with Crippen molar-refractivity contribution in [2.75, 3.05) is 57.6 Å². The molecule has 1 amide bonds. The Bertz CT molecular complexity index is 1420. The van der Waals surface area contributed by atoms with Crippen LogP contribution in [0.25, 0.3) is 10.8 Å². The van der Waals surface area contributed by atoms with Gasteiger partial charge in [-0.05, 0) is 24.3 Å². The third kappa shape index (κ3) is 6.10. The number of nitrogens with one attached hydrogen (secondary N) is 2. The predicted octanol–water partition coefficient (Wildman–Crippen LogP) is 3.82. The second-order valence-corrected chi connectivity index (χ2v) is 8.80. The summed E-state index contributed by atoms with van der Waals surface area (Å²) in [7, 11) is 1.56. The molecule has 0 unspecified atom stereocenters. The minimum absolute atomic E-state index is 0.187. The van der Waals surface area contributed by atoms with Gasteiger partial charge in [-0.15, -0.1) is 0 Å². The third-order valence-electron chi connectivity index (χ3n) is 6.24. The number of hydrogen-bond donors (Lipinski definition) is 3. The third-order valence-corrected chi connectivity index (χ3v) is 6.24. The van der Waals surface area contributed by atoms with Crippen LogP contribution in [0.2, 0.25) is 0 Å². The molecule has 2 heterocycles. The normalized spacial score (nSPS) is 13.7. The van der Waals surface area contributed by atoms with Crippen molar-refractivity contribution in [3.05, 3.63) is 72.4 Å². The molecule has 1 fully saturated rings. The van der Waals surface area contributed by atoms with Gasteiger partial charge in [0.2, 0.25) is 11.8 Å². The summed E-state index contributed by atoms with van der Waals surface area (Å²) in [4.78, 5) is 23.9. The van der Waals surface area contributed by atoms with Crippen LogP contribution in [0, 0.1) is 0 Å². The highest BCUT2D eigenvalue weighted by Crippen LogP contribution is 2.33. The predicted molar refractivity (Wildman–Crippen MR) is 146 cm³/mol. The Morgan fingerprint density at radius 3 is 2.71 bits per heavy atom. The lowest BCUT2D eigenvalue weighted by Gasteiger charge is -2.26. The highest BCUT2D eigenvalue weighted by Gasteiger charge is 2.14. The second-order valence-electron chi connectivity index (χ2n) is 8.80. The molecule has 0 aliphatic carbocycles. The van der Waals surface area contributed by atoms with Crippen molar-refractivity contribution in [1.29, 1.82) is 0 Å². The Balaban J connectivity index is 1.28. The number of aromatic nitrogens is 2. The number of nitrogens with two attached hydrogens (primary N) is 1. The average Bonchev–Trinajstić information content (AvgIpc) is 2.95. The first-order valence-corrected chi connectivity index (χ1v) is 12.4. The quantitative estimate of drug-likeness (QED) is 0.286. The molecule has 0 radical (unpaired) electrons. The number of nitrogen functional groups attached to an aromatic ring is 1. The molecule has 5 rings (SSSR count). The van der Waals surface area contributed by atoms with Crippen LogP contribution >= 0.6 is 0 Å². The second kappa shape index (κ2) is 11.8. The summed E-state index contributed by atoms with van der Waals surface area (Å²) in [6.07, 6.45) is 1.60. The summed E-state index contributed by atoms with van der Waals surface area (Å²) in [6, 6.07) is 18.3. The van der Waals surface area contributed by atoms with Crippen molar-refractivity contribution >= 4 is 34.0 Å². The first kappa shape index (κ1) is 25.2. The maximum atomic E-state index is 12.8. The molecule has 4 aromatic rings. The molecule has 0 spiro atoms. The van der Waals surface area contributed by atoms with Gasteiger partial charge in [0.25, 0.3) is 5.91 Å². The van der Waals surface area contributed by atoms with E-state index in [1.54, 1.807) is 37.6 Å². The van der Waals surface area contributed by atoms with Crippen LogP contribution in [0.4, 0.5) is 17.3 Å². The number of ether oxygens (including phenoxy) is 3. The Labute approximate surface area is 220 Å². The highest BCUT2D eigenvalue weighted by molar-refractivity contribution is 5.97. The van der Waals surface area contributed by atoms with E-state index in [0.29, 0.717) is 46.8 Å². The lowest BCUT2D eigenvalue weighted by molar-refractivity contribution is 0.0383. The highest BCUT2D eigenvalue weighted by atomic mass is 16.5. The summed E-state index contributed by atoms with van der Waals surface area (Å²) in [6.45, 7) is 4.52. The lowest BCUT2D eigenvalue weighted by atomic mass is 10.1. The molecule has 196 valence electrons. The van der Waals surface area contributed by atoms with Gasteiger partial charge in [0, 0.05) is 72.2 Å². The number of methoxy groups -OCH3 is 1. The van der Waals surface area contributed by atoms with E-state index in [9.17, 15) is 4.79 Å². The topological polar surface area (TPSA) is 124 Å². The van der Waals surface area contributed by atoms with Crippen LogP contribution in [0.3, 0.4) is 0 Å². The number of rotatable bonds is 9. The Morgan fingerprint density at radius 2 is 1.89 bits per heavy atom. The molecule has 10 nitrogen and oxygen atoms in total. The number of benzene rings is 3. The van der Waals surface area contributed by atoms with Crippen molar-refractivity contribution in [1.82, 2.24) is 20.2 Å². The van der Waals surface area contributed by atoms with Gasteiger partial charge in [-0.3, -0.25) is 9.69 Å². The van der Waals surface area contributed by atoms with Gasteiger partial charge in [-0.2, -0.15) is 4.98 Å². The van der Waals surface area contributed by atoms with Gasteiger partial charge in [0.1, 0.15) is 11.5 Å². The zero-order valence-corrected chi connectivity index (χ0v) is 21.1. The number of hydrogen-bond acceptors (Lipinski definition) is 9. The molecule has 1 aliphatic heterocycles. The number of nitrogens with zero attached hydrogens (tertiary/aromatic N) is 3. The molecule has 3 aromatic carbocycles. The number of fused-ring (bicyclic) bond motifs is 1. The molecule has 0 bridgehead atoms. The summed E-state index contributed by atoms with van der Waals surface area (Å²) in [5.41, 5.74) is 7.86. The van der Waals surface area contributed by atoms with Crippen molar-refractivity contribution in [2.45, 2.75) is 0 Å². The molecule has 4 N–H and O–H groups in total. The average molecular weight is 515 g/mol. The molecule has 38 heavy (non-hydrogen) atoms. The van der Waals surface area contributed by atoms with E-state index in [-0.39, 0.29) is 5.91 Å².